The Morgan fingerprint density at radius 3 is 2.62 bits per heavy atom. The summed E-state index contributed by atoms with van der Waals surface area (Å²) in [5.74, 6) is -0.108. The van der Waals surface area contributed by atoms with E-state index in [2.05, 4.69) is 46.5 Å². The molecule has 0 spiro atoms. The third-order valence-electron chi connectivity index (χ3n) is 6.00. The molecule has 0 saturated carbocycles. The SMILES string of the molecule is CN(C)CC(=O)Nc1cncc(-c2cc3c(-c4cc5c(-c6cccnc6)cncc5[nH]4)n[nH]c3cn2)c1. The van der Waals surface area contributed by atoms with Gasteiger partial charge in [0.25, 0.3) is 0 Å². The average molecular weight is 490 g/mol. The Bertz CT molecular complexity index is 1740. The first-order valence-electron chi connectivity index (χ1n) is 11.7. The first kappa shape index (κ1) is 22.5. The van der Waals surface area contributed by atoms with Crippen LogP contribution in [0.1, 0.15) is 0 Å². The molecule has 6 aromatic heterocycles. The molecule has 37 heavy (non-hydrogen) atoms. The van der Waals surface area contributed by atoms with Gasteiger partial charge in [-0.05, 0) is 38.4 Å². The summed E-state index contributed by atoms with van der Waals surface area (Å²) in [7, 11) is 3.69. The molecule has 6 heterocycles. The lowest BCUT2D eigenvalue weighted by atomic mass is 10.1. The number of likely N-dealkylation sites (N-methyl/N-ethyl adjacent to an activating group) is 1. The molecule has 0 aliphatic carbocycles. The van der Waals surface area contributed by atoms with Crippen LogP contribution >= 0.6 is 0 Å². The zero-order valence-electron chi connectivity index (χ0n) is 20.2. The molecule has 0 fully saturated rings. The summed E-state index contributed by atoms with van der Waals surface area (Å²) in [6, 6.07) is 9.85. The summed E-state index contributed by atoms with van der Waals surface area (Å²) in [5.41, 5.74) is 7.47. The van der Waals surface area contributed by atoms with Crippen LogP contribution in [0.15, 0.2) is 73.7 Å². The van der Waals surface area contributed by atoms with Gasteiger partial charge in [-0.1, -0.05) is 6.07 Å². The van der Waals surface area contributed by atoms with Crippen LogP contribution in [0.5, 0.6) is 0 Å². The topological polar surface area (TPSA) is 128 Å². The van der Waals surface area contributed by atoms with Crippen LogP contribution in [0.25, 0.3) is 55.6 Å². The van der Waals surface area contributed by atoms with Gasteiger partial charge in [0.15, 0.2) is 0 Å². The monoisotopic (exact) mass is 489 g/mol. The molecule has 0 aliphatic heterocycles. The van der Waals surface area contributed by atoms with Crippen LogP contribution in [-0.4, -0.2) is 66.6 Å². The number of nitrogens with zero attached hydrogens (tertiary/aromatic N) is 6. The van der Waals surface area contributed by atoms with Gasteiger partial charge >= 0.3 is 0 Å². The highest BCUT2D eigenvalue weighted by atomic mass is 16.2. The summed E-state index contributed by atoms with van der Waals surface area (Å²) >= 11 is 0. The van der Waals surface area contributed by atoms with E-state index in [4.69, 9.17) is 0 Å². The molecule has 0 aliphatic rings. The number of pyridine rings is 4. The highest BCUT2D eigenvalue weighted by molar-refractivity contribution is 6.01. The van der Waals surface area contributed by atoms with Crippen molar-refractivity contribution in [1.29, 1.82) is 0 Å². The molecule has 10 nitrogen and oxygen atoms in total. The van der Waals surface area contributed by atoms with E-state index in [1.54, 1.807) is 24.8 Å². The molecule has 6 aromatic rings. The maximum Gasteiger partial charge on any atom is 0.238 e. The lowest BCUT2D eigenvalue weighted by molar-refractivity contribution is -0.116. The largest absolute Gasteiger partial charge is 0.352 e. The third-order valence-corrected chi connectivity index (χ3v) is 6.00. The van der Waals surface area contributed by atoms with E-state index in [1.165, 1.54) is 0 Å². The number of hydrogen-bond donors (Lipinski definition) is 3. The minimum atomic E-state index is -0.108. The number of H-pyrrole nitrogens is 2. The first-order valence-corrected chi connectivity index (χ1v) is 11.7. The van der Waals surface area contributed by atoms with Gasteiger partial charge in [-0.15, -0.1) is 0 Å². The first-order chi connectivity index (χ1) is 18.0. The summed E-state index contributed by atoms with van der Waals surface area (Å²) in [5, 5.41) is 12.5. The quantitative estimate of drug-likeness (QED) is 0.321. The van der Waals surface area contributed by atoms with E-state index in [-0.39, 0.29) is 12.5 Å². The second kappa shape index (κ2) is 9.25. The van der Waals surface area contributed by atoms with Crippen molar-refractivity contribution in [2.24, 2.45) is 0 Å². The molecule has 3 N–H and O–H groups in total. The number of hydrogen-bond acceptors (Lipinski definition) is 7. The Balaban J connectivity index is 1.38. The summed E-state index contributed by atoms with van der Waals surface area (Å²) in [6.07, 6.45) is 12.3. The van der Waals surface area contributed by atoms with Gasteiger partial charge in [0, 0.05) is 52.3 Å². The lowest BCUT2D eigenvalue weighted by Gasteiger charge is -2.10. The molecular weight excluding hydrogens is 466 g/mol. The number of anilines is 1. The number of aromatic nitrogens is 7. The van der Waals surface area contributed by atoms with Crippen LogP contribution in [0.2, 0.25) is 0 Å². The maximum absolute atomic E-state index is 12.2. The van der Waals surface area contributed by atoms with Crippen molar-refractivity contribution in [1.82, 2.24) is 40.0 Å². The molecule has 182 valence electrons. The molecule has 0 aromatic carbocycles. The van der Waals surface area contributed by atoms with Gasteiger partial charge in [-0.2, -0.15) is 5.10 Å². The van der Waals surface area contributed by atoms with Gasteiger partial charge < -0.3 is 15.2 Å². The summed E-state index contributed by atoms with van der Waals surface area (Å²) in [4.78, 5) is 35.0. The van der Waals surface area contributed by atoms with E-state index in [1.807, 2.05) is 61.9 Å². The van der Waals surface area contributed by atoms with E-state index in [0.29, 0.717) is 5.69 Å². The van der Waals surface area contributed by atoms with Crippen molar-refractivity contribution >= 4 is 33.4 Å². The van der Waals surface area contributed by atoms with Gasteiger partial charge in [0.1, 0.15) is 5.69 Å². The fraction of sp³-hybridized carbons (Fsp3) is 0.111. The Morgan fingerprint density at radius 2 is 1.78 bits per heavy atom. The van der Waals surface area contributed by atoms with Crippen molar-refractivity contribution in [2.45, 2.75) is 0 Å². The normalized spacial score (nSPS) is 11.4. The molecule has 1 amide bonds. The smallest absolute Gasteiger partial charge is 0.238 e. The Hall–Kier alpha value is -4.96. The van der Waals surface area contributed by atoms with Crippen LogP contribution in [0.4, 0.5) is 5.69 Å². The van der Waals surface area contributed by atoms with Crippen LogP contribution < -0.4 is 5.32 Å². The highest BCUT2D eigenvalue weighted by Gasteiger charge is 2.15. The number of aromatic amines is 2. The molecule has 6 rings (SSSR count). The molecule has 0 radical (unpaired) electrons. The van der Waals surface area contributed by atoms with Crippen molar-refractivity contribution < 1.29 is 4.79 Å². The number of carbonyl (C=O) groups excluding carboxylic acids is 1. The van der Waals surface area contributed by atoms with Crippen LogP contribution in [0.3, 0.4) is 0 Å². The average Bonchev–Trinajstić information content (AvgIpc) is 3.52. The van der Waals surface area contributed by atoms with E-state index in [0.717, 1.165) is 55.6 Å². The molecule has 0 bridgehead atoms. The van der Waals surface area contributed by atoms with Crippen molar-refractivity contribution in [2.75, 3.05) is 26.0 Å². The number of amides is 1. The number of rotatable bonds is 6. The molecule has 0 saturated heterocycles. The summed E-state index contributed by atoms with van der Waals surface area (Å²) in [6.45, 7) is 0.287. The predicted octanol–water partition coefficient (Wildman–Crippen LogP) is 4.13. The van der Waals surface area contributed by atoms with Crippen LogP contribution in [0, 0.1) is 0 Å². The zero-order chi connectivity index (χ0) is 25.4. The van der Waals surface area contributed by atoms with E-state index < -0.39 is 0 Å². The minimum absolute atomic E-state index is 0.108. The molecule has 0 unspecified atom stereocenters. The fourth-order valence-corrected chi connectivity index (χ4v) is 4.35. The third kappa shape index (κ3) is 4.41. The standard InChI is InChI=1S/C27H23N9O/c1-36(2)15-26(37)32-18-6-17(10-29-11-18)22-8-20-25(14-31-22)34-35-27(20)23-7-19-21(12-30-13-24(19)33-23)16-4-3-5-28-9-16/h3-14,33H,15H2,1-2H3,(H,32,37)(H,34,35). The Morgan fingerprint density at radius 1 is 0.919 bits per heavy atom. The summed E-state index contributed by atoms with van der Waals surface area (Å²) < 4.78 is 0. The number of nitrogens with one attached hydrogen (secondary N) is 3. The molecule has 0 atom stereocenters. The maximum atomic E-state index is 12.2. The lowest BCUT2D eigenvalue weighted by Crippen LogP contribution is -2.27. The van der Waals surface area contributed by atoms with Gasteiger partial charge in [0.2, 0.25) is 5.91 Å². The van der Waals surface area contributed by atoms with Gasteiger partial charge in [-0.3, -0.25) is 29.8 Å². The fourth-order valence-electron chi connectivity index (χ4n) is 4.35. The zero-order valence-corrected chi connectivity index (χ0v) is 20.2. The van der Waals surface area contributed by atoms with Gasteiger partial charge in [0.05, 0.1) is 53.2 Å². The number of fused-ring (bicyclic) bond motifs is 2. The Kier molecular flexibility index (Phi) is 5.62. The molecular formula is C27H23N9O. The molecule has 10 heteroatoms. The Labute approximate surface area is 211 Å². The van der Waals surface area contributed by atoms with Crippen molar-refractivity contribution in [3.8, 4) is 33.8 Å². The minimum Gasteiger partial charge on any atom is -0.352 e. The second-order valence-corrected chi connectivity index (χ2v) is 9.01. The highest BCUT2D eigenvalue weighted by Crippen LogP contribution is 2.34. The number of carbonyl (C=O) groups is 1. The van der Waals surface area contributed by atoms with E-state index >= 15 is 0 Å². The predicted molar refractivity (Wildman–Crippen MR) is 143 cm³/mol. The van der Waals surface area contributed by atoms with Crippen molar-refractivity contribution in [3.63, 3.8) is 0 Å². The second-order valence-electron chi connectivity index (χ2n) is 9.01. The van der Waals surface area contributed by atoms with E-state index in [9.17, 15) is 4.79 Å². The van der Waals surface area contributed by atoms with Gasteiger partial charge in [-0.25, -0.2) is 0 Å². The van der Waals surface area contributed by atoms with Crippen LogP contribution in [-0.2, 0) is 4.79 Å². The van der Waals surface area contributed by atoms with Crippen molar-refractivity contribution in [3.05, 3.63) is 73.7 Å².